The van der Waals surface area contributed by atoms with Crippen LogP contribution in [-0.2, 0) is 27.5 Å². The van der Waals surface area contributed by atoms with Crippen molar-refractivity contribution >= 4 is 29.5 Å². The quantitative estimate of drug-likeness (QED) is 0.535. The van der Waals surface area contributed by atoms with E-state index in [1.54, 1.807) is 11.8 Å². The van der Waals surface area contributed by atoms with Crippen LogP contribution >= 0.6 is 11.8 Å². The van der Waals surface area contributed by atoms with Gasteiger partial charge in [0.05, 0.1) is 23.2 Å². The van der Waals surface area contributed by atoms with Gasteiger partial charge in [0, 0.05) is 24.9 Å². The highest BCUT2D eigenvalue weighted by atomic mass is 32.2. The monoisotopic (exact) mass is 479 g/mol. The van der Waals surface area contributed by atoms with Crippen molar-refractivity contribution in [2.45, 2.75) is 42.0 Å². The van der Waals surface area contributed by atoms with Crippen LogP contribution in [0.4, 0.5) is 0 Å². The molecule has 0 aliphatic carbocycles. The molecule has 2 aromatic rings. The number of nitrogens with one attached hydrogen (secondary N) is 2. The van der Waals surface area contributed by atoms with E-state index in [1.165, 1.54) is 4.90 Å². The number of hydrogen-bond acceptors (Lipinski definition) is 5. The van der Waals surface area contributed by atoms with Gasteiger partial charge in [-0.2, -0.15) is 0 Å². The summed E-state index contributed by atoms with van der Waals surface area (Å²) in [6.45, 7) is 0.635. The molecule has 0 aromatic heterocycles. The van der Waals surface area contributed by atoms with Gasteiger partial charge in [-0.1, -0.05) is 60.7 Å². The van der Waals surface area contributed by atoms with Gasteiger partial charge in [0.15, 0.2) is 0 Å². The van der Waals surface area contributed by atoms with E-state index >= 15 is 0 Å². The molecule has 8 heteroatoms. The fourth-order valence-electron chi connectivity index (χ4n) is 5.89. The predicted octanol–water partition coefficient (Wildman–Crippen LogP) is 1.70. The normalized spacial score (nSPS) is 29.2. The first-order chi connectivity index (χ1) is 16.5. The Morgan fingerprint density at radius 2 is 1.56 bits per heavy atom. The van der Waals surface area contributed by atoms with Crippen LogP contribution in [0.1, 0.15) is 24.0 Å². The maximum absolute atomic E-state index is 13.6. The summed E-state index contributed by atoms with van der Waals surface area (Å²) in [5, 5.41) is 15.7. The molecule has 5 atom stereocenters. The zero-order valence-electron chi connectivity index (χ0n) is 18.9. The van der Waals surface area contributed by atoms with Crippen LogP contribution in [0.3, 0.4) is 0 Å². The Morgan fingerprint density at radius 1 is 0.971 bits per heavy atom. The zero-order valence-corrected chi connectivity index (χ0v) is 19.7. The molecule has 2 unspecified atom stereocenters. The number of amides is 3. The zero-order chi connectivity index (χ0) is 23.7. The van der Waals surface area contributed by atoms with E-state index in [9.17, 15) is 19.5 Å². The van der Waals surface area contributed by atoms with E-state index in [2.05, 4.69) is 10.6 Å². The minimum absolute atomic E-state index is 0.0189. The number of benzene rings is 2. The predicted molar refractivity (Wildman–Crippen MR) is 129 cm³/mol. The average molecular weight is 480 g/mol. The van der Waals surface area contributed by atoms with Gasteiger partial charge >= 0.3 is 0 Å². The highest BCUT2D eigenvalue weighted by Crippen LogP contribution is 2.66. The van der Waals surface area contributed by atoms with Crippen LogP contribution in [0, 0.1) is 11.8 Å². The fraction of sp³-hybridized carbons (Fsp3) is 0.423. The molecule has 5 rings (SSSR count). The Morgan fingerprint density at radius 3 is 2.15 bits per heavy atom. The molecular formula is C26H29N3O4S. The summed E-state index contributed by atoms with van der Waals surface area (Å²) in [6, 6.07) is 18.6. The smallest absolute Gasteiger partial charge is 0.244 e. The molecule has 1 spiro atoms. The molecule has 3 saturated heterocycles. The maximum Gasteiger partial charge on any atom is 0.244 e. The summed E-state index contributed by atoms with van der Waals surface area (Å²) in [4.78, 5) is 41.9. The third-order valence-electron chi connectivity index (χ3n) is 7.31. The van der Waals surface area contributed by atoms with Crippen molar-refractivity contribution in [2.24, 2.45) is 11.8 Å². The summed E-state index contributed by atoms with van der Waals surface area (Å²) in [5.74, 6) is -1.56. The number of aliphatic hydroxyl groups is 1. The molecule has 2 bridgehead atoms. The molecule has 2 aromatic carbocycles. The molecule has 3 amide bonds. The number of carbonyl (C=O) groups excluding carboxylic acids is 3. The lowest BCUT2D eigenvalue weighted by atomic mass is 9.70. The number of hydrogen-bond donors (Lipinski definition) is 3. The third-order valence-corrected chi connectivity index (χ3v) is 9.26. The van der Waals surface area contributed by atoms with Crippen molar-refractivity contribution in [1.82, 2.24) is 15.5 Å². The van der Waals surface area contributed by atoms with Crippen molar-refractivity contribution in [3.8, 4) is 0 Å². The molecular weight excluding hydrogens is 450 g/mol. The highest BCUT2D eigenvalue weighted by Gasteiger charge is 2.73. The first-order valence-electron chi connectivity index (χ1n) is 11.8. The summed E-state index contributed by atoms with van der Waals surface area (Å²) in [7, 11) is 0. The topological polar surface area (TPSA) is 98.7 Å². The number of likely N-dealkylation sites (tertiary alicyclic amines) is 1. The maximum atomic E-state index is 13.6. The van der Waals surface area contributed by atoms with Crippen LogP contribution in [0.5, 0.6) is 0 Å². The van der Waals surface area contributed by atoms with Crippen molar-refractivity contribution in [3.05, 3.63) is 71.8 Å². The standard InChI is InChI=1S/C26H29N3O4S/c30-14-13-29-22(24(32)28-16-18-9-5-2-6-10-18)26-12-11-19(34-26)20(21(26)25(29)33)23(31)27-15-17-7-3-1-4-8-17/h1-10,19-22,30H,11-16H2,(H,27,31)(H,28,32)/t19-,20+,21+,22?,26?/m1/s1. The highest BCUT2D eigenvalue weighted by molar-refractivity contribution is 8.02. The van der Waals surface area contributed by atoms with Gasteiger partial charge in [0.1, 0.15) is 6.04 Å². The largest absolute Gasteiger partial charge is 0.395 e. The molecule has 0 saturated carbocycles. The van der Waals surface area contributed by atoms with E-state index in [-0.39, 0.29) is 36.1 Å². The second kappa shape index (κ2) is 9.43. The number of thioether (sulfide) groups is 1. The van der Waals surface area contributed by atoms with Crippen molar-refractivity contribution in [1.29, 1.82) is 0 Å². The SMILES string of the molecule is O=C(NCc1ccccc1)C1N(CCO)C(=O)[C@@H]2[C@@H](C(=O)NCc3ccccc3)[C@H]3CCC12S3. The first-order valence-corrected chi connectivity index (χ1v) is 12.7. The molecule has 7 nitrogen and oxygen atoms in total. The van der Waals surface area contributed by atoms with E-state index < -0.39 is 22.6 Å². The van der Waals surface area contributed by atoms with Crippen LogP contribution in [0.15, 0.2) is 60.7 Å². The van der Waals surface area contributed by atoms with E-state index in [1.807, 2.05) is 60.7 Å². The number of aliphatic hydroxyl groups excluding tert-OH is 1. The van der Waals surface area contributed by atoms with Gasteiger partial charge < -0.3 is 20.6 Å². The average Bonchev–Trinajstić information content (AvgIpc) is 3.50. The summed E-state index contributed by atoms with van der Waals surface area (Å²) >= 11 is 1.63. The lowest BCUT2D eigenvalue weighted by Gasteiger charge is -2.34. The number of rotatable bonds is 8. The van der Waals surface area contributed by atoms with E-state index in [0.717, 1.165) is 17.5 Å². The van der Waals surface area contributed by atoms with Crippen LogP contribution < -0.4 is 10.6 Å². The minimum Gasteiger partial charge on any atom is -0.395 e. The lowest BCUT2D eigenvalue weighted by molar-refractivity contribution is -0.140. The molecule has 178 valence electrons. The number of nitrogens with zero attached hydrogens (tertiary/aromatic N) is 1. The molecule has 3 fully saturated rings. The van der Waals surface area contributed by atoms with Gasteiger partial charge in [-0.25, -0.2) is 0 Å². The number of β-amino-alcohol motifs (C(OH)–C–C–N with tert-alkyl or cyclic N) is 1. The van der Waals surface area contributed by atoms with Crippen LogP contribution in [-0.4, -0.2) is 56.9 Å². The van der Waals surface area contributed by atoms with Gasteiger partial charge in [0.25, 0.3) is 0 Å². The third kappa shape index (κ3) is 3.88. The van der Waals surface area contributed by atoms with Crippen molar-refractivity contribution < 1.29 is 19.5 Å². The molecule has 3 aliphatic rings. The molecule has 3 aliphatic heterocycles. The Bertz CT molecular complexity index is 1070. The molecule has 0 radical (unpaired) electrons. The van der Waals surface area contributed by atoms with E-state index in [4.69, 9.17) is 0 Å². The lowest BCUT2D eigenvalue weighted by Crippen LogP contribution is -2.54. The van der Waals surface area contributed by atoms with E-state index in [0.29, 0.717) is 19.5 Å². The van der Waals surface area contributed by atoms with Gasteiger partial charge in [0.2, 0.25) is 17.7 Å². The molecule has 34 heavy (non-hydrogen) atoms. The second-order valence-electron chi connectivity index (χ2n) is 9.22. The Labute approximate surface area is 203 Å². The summed E-state index contributed by atoms with van der Waals surface area (Å²) in [6.07, 6.45) is 1.51. The molecule has 3 N–H and O–H groups in total. The Balaban J connectivity index is 1.36. The number of fused-ring (bicyclic) bond motifs is 1. The fourth-order valence-corrected chi connectivity index (χ4v) is 8.11. The van der Waals surface area contributed by atoms with Crippen LogP contribution in [0.25, 0.3) is 0 Å². The van der Waals surface area contributed by atoms with Crippen LogP contribution in [0.2, 0.25) is 0 Å². The molecule has 3 heterocycles. The summed E-state index contributed by atoms with van der Waals surface area (Å²) < 4.78 is -0.632. The van der Waals surface area contributed by atoms with Gasteiger partial charge in [-0.3, -0.25) is 14.4 Å². The van der Waals surface area contributed by atoms with Crippen molar-refractivity contribution in [3.63, 3.8) is 0 Å². The Hall–Kier alpha value is -2.84. The first kappa shape index (κ1) is 22.9. The number of carbonyl (C=O) groups is 3. The van der Waals surface area contributed by atoms with Gasteiger partial charge in [-0.15, -0.1) is 11.8 Å². The van der Waals surface area contributed by atoms with Crippen molar-refractivity contribution in [2.75, 3.05) is 13.2 Å². The Kier molecular flexibility index (Phi) is 6.36. The minimum atomic E-state index is -0.692. The summed E-state index contributed by atoms with van der Waals surface area (Å²) in [5.41, 5.74) is 1.98. The van der Waals surface area contributed by atoms with Gasteiger partial charge in [-0.05, 0) is 24.0 Å². The second-order valence-corrected chi connectivity index (χ2v) is 10.8.